The van der Waals surface area contributed by atoms with E-state index < -0.39 is 0 Å². The monoisotopic (exact) mass is 138 g/mol. The Balaban J connectivity index is 3.88. The molecule has 0 saturated heterocycles. The van der Waals surface area contributed by atoms with Crippen molar-refractivity contribution in [1.82, 2.24) is 0 Å². The highest BCUT2D eigenvalue weighted by Gasteiger charge is 1.86. The van der Waals surface area contributed by atoms with Crippen molar-refractivity contribution in [3.63, 3.8) is 0 Å². The predicted molar refractivity (Wildman–Crippen MR) is 36.9 cm³/mol. The van der Waals surface area contributed by atoms with E-state index >= 15 is 0 Å². The molecule has 0 spiro atoms. The Morgan fingerprint density at radius 1 is 1.40 bits per heavy atom. The zero-order chi connectivity index (χ0) is 7.82. The number of hydrogen-bond donors (Lipinski definition) is 0. The van der Waals surface area contributed by atoms with Crippen LogP contribution in [0.5, 0.6) is 0 Å². The van der Waals surface area contributed by atoms with E-state index in [1.54, 1.807) is 6.92 Å². The predicted octanol–water partition coefficient (Wildman–Crippen LogP) is 2.51. The summed E-state index contributed by atoms with van der Waals surface area (Å²) in [6.07, 6.45) is 2.75. The van der Waals surface area contributed by atoms with Crippen LogP contribution in [-0.4, -0.2) is 6.04 Å². The fraction of sp³-hybridized carbons (Fsp3) is 0.500. The lowest BCUT2D eigenvalue weighted by molar-refractivity contribution is 0.908. The highest BCUT2D eigenvalue weighted by Crippen LogP contribution is 1.91. The van der Waals surface area contributed by atoms with Gasteiger partial charge >= 0.3 is 0 Å². The molecule has 0 rings (SSSR count). The third-order valence-electron chi connectivity index (χ3n) is 0.717. The number of hydrogen-bond acceptors (Lipinski definition) is 2. The second-order valence-corrected chi connectivity index (χ2v) is 1.49. The van der Waals surface area contributed by atoms with E-state index in [1.165, 1.54) is 12.3 Å². The average Bonchev–Trinajstić information content (AvgIpc) is 1.89. The molecule has 0 amide bonds. The zero-order valence-corrected chi connectivity index (χ0v) is 5.42. The largest absolute Gasteiger partial charge is 0.0868 e. The third-order valence-corrected chi connectivity index (χ3v) is 0.717. The summed E-state index contributed by atoms with van der Waals surface area (Å²) in [6.45, 7) is 1.68. The molecule has 6 nitrogen and oxygen atoms in total. The molecule has 1 unspecified atom stereocenters. The topological polar surface area (TPSA) is 97.5 Å². The molecular formula is C4H6N6. The van der Waals surface area contributed by atoms with Crippen LogP contribution in [0.3, 0.4) is 0 Å². The van der Waals surface area contributed by atoms with Crippen molar-refractivity contribution in [2.45, 2.75) is 13.0 Å². The van der Waals surface area contributed by atoms with Gasteiger partial charge in [-0.15, -0.1) is 0 Å². The van der Waals surface area contributed by atoms with Gasteiger partial charge in [-0.25, -0.2) is 0 Å². The molecule has 10 heavy (non-hydrogen) atoms. The highest BCUT2D eigenvalue weighted by atomic mass is 15.1. The second kappa shape index (κ2) is 5.50. The van der Waals surface area contributed by atoms with E-state index in [2.05, 4.69) is 20.1 Å². The number of rotatable bonds is 3. The van der Waals surface area contributed by atoms with Gasteiger partial charge in [-0.05, 0) is 17.3 Å². The molecule has 52 valence electrons. The lowest BCUT2D eigenvalue weighted by Gasteiger charge is -1.88. The van der Waals surface area contributed by atoms with Gasteiger partial charge in [-0.2, -0.15) is 0 Å². The quantitative estimate of drug-likeness (QED) is 0.325. The van der Waals surface area contributed by atoms with E-state index in [0.29, 0.717) is 0 Å². The zero-order valence-electron chi connectivity index (χ0n) is 5.42. The molecule has 0 saturated carbocycles. The lowest BCUT2D eigenvalue weighted by Crippen LogP contribution is -1.86. The SMILES string of the molecule is CC(/C=C\N=[N+]=[N-])N=[N+]=[N-]. The van der Waals surface area contributed by atoms with Crippen LogP contribution in [0.1, 0.15) is 6.92 Å². The minimum Gasteiger partial charge on any atom is -0.0868 e. The summed E-state index contributed by atoms with van der Waals surface area (Å²) >= 11 is 0. The molecule has 0 fully saturated rings. The van der Waals surface area contributed by atoms with Crippen LogP contribution in [0, 0.1) is 0 Å². The van der Waals surface area contributed by atoms with Crippen LogP contribution in [0.25, 0.3) is 20.9 Å². The molecule has 0 aliphatic carbocycles. The molecule has 0 N–H and O–H groups in total. The van der Waals surface area contributed by atoms with E-state index in [4.69, 9.17) is 11.1 Å². The maximum atomic E-state index is 7.91. The minimum absolute atomic E-state index is 0.268. The minimum atomic E-state index is -0.268. The van der Waals surface area contributed by atoms with Gasteiger partial charge in [0.1, 0.15) is 0 Å². The normalized spacial score (nSPS) is 11.7. The average molecular weight is 138 g/mol. The van der Waals surface area contributed by atoms with Crippen molar-refractivity contribution in [2.24, 2.45) is 10.2 Å². The summed E-state index contributed by atoms with van der Waals surface area (Å²) in [7, 11) is 0. The van der Waals surface area contributed by atoms with Crippen molar-refractivity contribution < 1.29 is 0 Å². The molecule has 0 radical (unpaired) electrons. The second-order valence-electron chi connectivity index (χ2n) is 1.49. The number of azide groups is 2. The van der Waals surface area contributed by atoms with Crippen LogP contribution < -0.4 is 0 Å². The Morgan fingerprint density at radius 3 is 2.60 bits per heavy atom. The van der Waals surface area contributed by atoms with E-state index in [-0.39, 0.29) is 6.04 Å². The molecule has 6 heteroatoms. The Labute approximate surface area is 57.4 Å². The molecule has 0 heterocycles. The van der Waals surface area contributed by atoms with Crippen molar-refractivity contribution in [3.05, 3.63) is 33.2 Å². The first-order valence-corrected chi connectivity index (χ1v) is 2.56. The van der Waals surface area contributed by atoms with Gasteiger partial charge in [-0.3, -0.25) is 0 Å². The van der Waals surface area contributed by atoms with Gasteiger partial charge in [0.2, 0.25) is 0 Å². The van der Waals surface area contributed by atoms with Crippen LogP contribution in [-0.2, 0) is 0 Å². The molecule has 0 aromatic heterocycles. The van der Waals surface area contributed by atoms with Crippen molar-refractivity contribution in [1.29, 1.82) is 0 Å². The molecule has 1 atom stereocenters. The fourth-order valence-electron chi connectivity index (χ4n) is 0.313. The van der Waals surface area contributed by atoms with Gasteiger partial charge in [0.05, 0.1) is 6.04 Å². The molecule has 0 aliphatic rings. The van der Waals surface area contributed by atoms with Crippen molar-refractivity contribution >= 4 is 0 Å². The first-order valence-electron chi connectivity index (χ1n) is 2.56. The summed E-state index contributed by atoms with van der Waals surface area (Å²) in [5.74, 6) is 0. The van der Waals surface area contributed by atoms with Gasteiger partial charge in [0.25, 0.3) is 0 Å². The first kappa shape index (κ1) is 8.36. The van der Waals surface area contributed by atoms with Crippen LogP contribution in [0.4, 0.5) is 0 Å². The lowest BCUT2D eigenvalue weighted by atomic mass is 10.4. The smallest absolute Gasteiger partial charge is 0.0528 e. The Kier molecular flexibility index (Phi) is 4.59. The summed E-state index contributed by atoms with van der Waals surface area (Å²) in [5.41, 5.74) is 15.7. The van der Waals surface area contributed by atoms with Crippen molar-refractivity contribution in [2.75, 3.05) is 0 Å². The molecule has 0 bridgehead atoms. The van der Waals surface area contributed by atoms with Crippen LogP contribution in [0.15, 0.2) is 22.5 Å². The van der Waals surface area contributed by atoms with E-state index in [0.717, 1.165) is 0 Å². The summed E-state index contributed by atoms with van der Waals surface area (Å²) < 4.78 is 0. The first-order chi connectivity index (χ1) is 4.81. The standard InChI is InChI=1S/C4H6N6/c1-4(8-10-6)2-3-7-9-5/h2-4H,1H3/b3-2-. The fourth-order valence-corrected chi connectivity index (χ4v) is 0.313. The van der Waals surface area contributed by atoms with Crippen molar-refractivity contribution in [3.8, 4) is 0 Å². The Hall–Kier alpha value is -1.64. The molecular weight excluding hydrogens is 132 g/mol. The Morgan fingerprint density at radius 2 is 2.10 bits per heavy atom. The molecule has 0 aromatic carbocycles. The highest BCUT2D eigenvalue weighted by molar-refractivity contribution is 4.89. The maximum Gasteiger partial charge on any atom is 0.0528 e. The number of nitrogens with zero attached hydrogens (tertiary/aromatic N) is 6. The summed E-state index contributed by atoms with van der Waals surface area (Å²) in [4.78, 5) is 5.02. The maximum absolute atomic E-state index is 7.91. The van der Waals surface area contributed by atoms with Crippen LogP contribution >= 0.6 is 0 Å². The summed E-state index contributed by atoms with van der Waals surface area (Å²) in [6, 6.07) is -0.268. The van der Waals surface area contributed by atoms with Gasteiger partial charge < -0.3 is 0 Å². The summed E-state index contributed by atoms with van der Waals surface area (Å²) in [5, 5.41) is 6.42. The van der Waals surface area contributed by atoms with E-state index in [9.17, 15) is 0 Å². The van der Waals surface area contributed by atoms with E-state index in [1.807, 2.05) is 0 Å². The third kappa shape index (κ3) is 4.52. The molecule has 0 aliphatic heterocycles. The van der Waals surface area contributed by atoms with Gasteiger partial charge in [-0.1, -0.05) is 23.2 Å². The van der Waals surface area contributed by atoms with Gasteiger partial charge in [0.15, 0.2) is 0 Å². The van der Waals surface area contributed by atoms with Crippen LogP contribution in [0.2, 0.25) is 0 Å². The van der Waals surface area contributed by atoms with Gasteiger partial charge in [0, 0.05) is 9.82 Å². The molecule has 0 aromatic rings. The Bertz CT molecular complexity index is 206.